The van der Waals surface area contributed by atoms with E-state index in [-0.39, 0.29) is 0 Å². The second-order valence-electron chi connectivity index (χ2n) is 9.95. The molecule has 0 radical (unpaired) electrons. The molecule has 0 N–H and O–H groups in total. The Balaban J connectivity index is 1.26. The van der Waals surface area contributed by atoms with Crippen molar-refractivity contribution < 1.29 is 0 Å². The molecule has 3 aromatic carbocycles. The lowest BCUT2D eigenvalue weighted by Gasteiger charge is -2.35. The van der Waals surface area contributed by atoms with Crippen LogP contribution in [0.15, 0.2) is 84.9 Å². The van der Waals surface area contributed by atoms with E-state index in [9.17, 15) is 0 Å². The zero-order chi connectivity index (χ0) is 21.8. The normalized spacial score (nSPS) is 22.9. The largest absolute Gasteiger partial charge is 0.303 e. The molecule has 0 amide bonds. The predicted octanol–water partition coefficient (Wildman–Crippen LogP) is 6.09. The van der Waals surface area contributed by atoms with Gasteiger partial charge in [0.1, 0.15) is 0 Å². The Bertz CT molecular complexity index is 976. The maximum absolute atomic E-state index is 2.75. The summed E-state index contributed by atoms with van der Waals surface area (Å²) in [7, 11) is 0. The number of benzene rings is 3. The van der Waals surface area contributed by atoms with Crippen LogP contribution in [-0.2, 0) is 6.54 Å². The van der Waals surface area contributed by atoms with Crippen LogP contribution in [-0.4, -0.2) is 42.5 Å². The zero-order valence-corrected chi connectivity index (χ0v) is 19.4. The van der Waals surface area contributed by atoms with Crippen molar-refractivity contribution in [3.63, 3.8) is 0 Å². The van der Waals surface area contributed by atoms with Crippen LogP contribution in [0, 0.1) is 12.8 Å². The highest BCUT2D eigenvalue weighted by atomic mass is 15.2. The van der Waals surface area contributed by atoms with E-state index in [0.29, 0.717) is 11.8 Å². The summed E-state index contributed by atoms with van der Waals surface area (Å²) in [6.07, 6.45) is 2.58. The van der Waals surface area contributed by atoms with Crippen molar-refractivity contribution in [2.45, 2.75) is 38.1 Å². The molecule has 2 aliphatic heterocycles. The van der Waals surface area contributed by atoms with Gasteiger partial charge in [0, 0.05) is 32.1 Å². The van der Waals surface area contributed by atoms with E-state index in [1.165, 1.54) is 67.8 Å². The summed E-state index contributed by atoms with van der Waals surface area (Å²) in [6, 6.07) is 31.4. The van der Waals surface area contributed by atoms with Crippen LogP contribution in [0.5, 0.6) is 0 Å². The first-order chi connectivity index (χ1) is 15.7. The molecule has 0 aliphatic carbocycles. The van der Waals surface area contributed by atoms with Crippen molar-refractivity contribution in [2.75, 3.05) is 32.7 Å². The van der Waals surface area contributed by atoms with Gasteiger partial charge in [0.2, 0.25) is 0 Å². The van der Waals surface area contributed by atoms with Crippen molar-refractivity contribution in [2.24, 2.45) is 5.92 Å². The lowest BCUT2D eigenvalue weighted by molar-refractivity contribution is 0.177. The van der Waals surface area contributed by atoms with E-state index >= 15 is 0 Å². The Morgan fingerprint density at radius 1 is 0.719 bits per heavy atom. The Morgan fingerprint density at radius 3 is 2.12 bits per heavy atom. The van der Waals surface area contributed by atoms with Gasteiger partial charge in [0.25, 0.3) is 0 Å². The molecule has 32 heavy (non-hydrogen) atoms. The fourth-order valence-electron chi connectivity index (χ4n) is 5.90. The van der Waals surface area contributed by atoms with Crippen LogP contribution >= 0.6 is 0 Å². The number of likely N-dealkylation sites (tertiary alicyclic amines) is 2. The summed E-state index contributed by atoms with van der Waals surface area (Å²) >= 11 is 0. The first-order valence-electron chi connectivity index (χ1n) is 12.3. The van der Waals surface area contributed by atoms with E-state index < -0.39 is 0 Å². The standard InChI is InChI=1S/C30H36N2/c1-24-9-8-14-28(19-24)30-23-32(20-25-10-4-2-5-11-25)22-29(30)21-31-17-15-27(16-18-31)26-12-6-3-7-13-26/h2-14,19,27,29-30H,15-18,20-23H2,1H3. The van der Waals surface area contributed by atoms with Crippen LogP contribution in [0.4, 0.5) is 0 Å². The monoisotopic (exact) mass is 424 g/mol. The summed E-state index contributed by atoms with van der Waals surface area (Å²) in [6.45, 7) is 9.35. The summed E-state index contributed by atoms with van der Waals surface area (Å²) in [5.74, 6) is 2.07. The number of hydrogen-bond donors (Lipinski definition) is 0. The van der Waals surface area contributed by atoms with E-state index in [1.807, 2.05) is 0 Å². The topological polar surface area (TPSA) is 6.48 Å². The van der Waals surface area contributed by atoms with Gasteiger partial charge in [-0.1, -0.05) is 90.5 Å². The van der Waals surface area contributed by atoms with Gasteiger partial charge in [-0.3, -0.25) is 4.90 Å². The molecule has 2 nitrogen and oxygen atoms in total. The molecule has 2 aliphatic rings. The molecule has 2 saturated heterocycles. The Morgan fingerprint density at radius 2 is 1.41 bits per heavy atom. The minimum Gasteiger partial charge on any atom is -0.303 e. The minimum atomic E-state index is 0.630. The van der Waals surface area contributed by atoms with Crippen molar-refractivity contribution in [1.82, 2.24) is 9.80 Å². The van der Waals surface area contributed by atoms with Crippen molar-refractivity contribution in [1.29, 1.82) is 0 Å². The van der Waals surface area contributed by atoms with E-state index in [4.69, 9.17) is 0 Å². The number of nitrogens with zero attached hydrogens (tertiary/aromatic N) is 2. The third-order valence-electron chi connectivity index (χ3n) is 7.59. The second kappa shape index (κ2) is 10.0. The number of rotatable bonds is 6. The first kappa shape index (κ1) is 21.4. The van der Waals surface area contributed by atoms with Gasteiger partial charge in [-0.05, 0) is 61.4 Å². The molecule has 2 unspecified atom stereocenters. The fourth-order valence-corrected chi connectivity index (χ4v) is 5.90. The highest BCUT2D eigenvalue weighted by Crippen LogP contribution is 2.36. The second-order valence-corrected chi connectivity index (χ2v) is 9.95. The highest BCUT2D eigenvalue weighted by Gasteiger charge is 2.35. The molecular weight excluding hydrogens is 388 g/mol. The predicted molar refractivity (Wildman–Crippen MR) is 134 cm³/mol. The van der Waals surface area contributed by atoms with E-state index in [2.05, 4.69) is 102 Å². The summed E-state index contributed by atoms with van der Waals surface area (Å²) in [5.41, 5.74) is 5.87. The fraction of sp³-hybridized carbons (Fsp3) is 0.400. The average molecular weight is 425 g/mol. The first-order valence-corrected chi connectivity index (χ1v) is 12.3. The summed E-state index contributed by atoms with van der Waals surface area (Å²) in [5, 5.41) is 0. The number of hydrogen-bond acceptors (Lipinski definition) is 2. The van der Waals surface area contributed by atoms with Crippen molar-refractivity contribution in [3.8, 4) is 0 Å². The third kappa shape index (κ3) is 5.14. The van der Waals surface area contributed by atoms with E-state index in [0.717, 1.165) is 12.5 Å². The van der Waals surface area contributed by atoms with Crippen molar-refractivity contribution in [3.05, 3.63) is 107 Å². The van der Waals surface area contributed by atoms with Crippen LogP contribution in [0.2, 0.25) is 0 Å². The van der Waals surface area contributed by atoms with Crippen LogP contribution in [0.3, 0.4) is 0 Å². The van der Waals surface area contributed by atoms with Crippen molar-refractivity contribution >= 4 is 0 Å². The lowest BCUT2D eigenvalue weighted by Crippen LogP contribution is -2.38. The molecule has 0 bridgehead atoms. The zero-order valence-electron chi connectivity index (χ0n) is 19.4. The Labute approximate surface area is 193 Å². The molecule has 2 heteroatoms. The molecule has 166 valence electrons. The van der Waals surface area contributed by atoms with Crippen LogP contribution < -0.4 is 0 Å². The molecule has 3 aromatic rings. The Kier molecular flexibility index (Phi) is 6.71. The maximum Gasteiger partial charge on any atom is 0.0234 e. The van der Waals surface area contributed by atoms with Gasteiger partial charge in [-0.15, -0.1) is 0 Å². The van der Waals surface area contributed by atoms with Gasteiger partial charge < -0.3 is 4.90 Å². The molecular formula is C30H36N2. The summed E-state index contributed by atoms with van der Waals surface area (Å²) < 4.78 is 0. The van der Waals surface area contributed by atoms with E-state index in [1.54, 1.807) is 0 Å². The molecule has 0 spiro atoms. The van der Waals surface area contributed by atoms with Gasteiger partial charge in [-0.2, -0.15) is 0 Å². The quantitative estimate of drug-likeness (QED) is 0.472. The van der Waals surface area contributed by atoms with Gasteiger partial charge in [0.15, 0.2) is 0 Å². The van der Waals surface area contributed by atoms with Gasteiger partial charge >= 0.3 is 0 Å². The molecule has 2 fully saturated rings. The molecule has 2 heterocycles. The third-order valence-corrected chi connectivity index (χ3v) is 7.59. The molecule has 0 saturated carbocycles. The highest BCUT2D eigenvalue weighted by molar-refractivity contribution is 5.28. The van der Waals surface area contributed by atoms with Crippen LogP contribution in [0.1, 0.15) is 46.9 Å². The lowest BCUT2D eigenvalue weighted by atomic mass is 9.86. The average Bonchev–Trinajstić information content (AvgIpc) is 3.23. The SMILES string of the molecule is Cc1cccc(C2CN(Cc3ccccc3)CC2CN2CCC(c3ccccc3)CC2)c1. The molecule has 2 atom stereocenters. The molecule has 0 aromatic heterocycles. The molecule has 5 rings (SSSR count). The van der Waals surface area contributed by atoms with Crippen LogP contribution in [0.25, 0.3) is 0 Å². The number of piperidine rings is 1. The summed E-state index contributed by atoms with van der Waals surface area (Å²) in [4.78, 5) is 5.43. The number of aryl methyl sites for hydroxylation is 1. The maximum atomic E-state index is 2.75. The van der Waals surface area contributed by atoms with Gasteiger partial charge in [0.05, 0.1) is 0 Å². The van der Waals surface area contributed by atoms with Gasteiger partial charge in [-0.25, -0.2) is 0 Å². The minimum absolute atomic E-state index is 0.630. The smallest absolute Gasteiger partial charge is 0.0234 e. The Hall–Kier alpha value is -2.42.